The molecule has 2 rings (SSSR count). The minimum absolute atomic E-state index is 0.302. The highest BCUT2D eigenvalue weighted by Gasteiger charge is 2.11. The Morgan fingerprint density at radius 3 is 2.83 bits per heavy atom. The fourth-order valence-corrected chi connectivity index (χ4v) is 1.97. The van der Waals surface area contributed by atoms with Crippen molar-refractivity contribution in [2.24, 2.45) is 0 Å². The molecule has 1 aromatic carbocycles. The molecule has 0 aliphatic carbocycles. The van der Waals surface area contributed by atoms with Gasteiger partial charge in [0.1, 0.15) is 11.0 Å². The van der Waals surface area contributed by atoms with Crippen LogP contribution in [0.4, 0.5) is 11.5 Å². The lowest BCUT2D eigenvalue weighted by Gasteiger charge is -2.07. The van der Waals surface area contributed by atoms with Crippen molar-refractivity contribution in [3.8, 4) is 0 Å². The van der Waals surface area contributed by atoms with E-state index in [2.05, 4.69) is 26.2 Å². The summed E-state index contributed by atoms with van der Waals surface area (Å²) in [5.41, 5.74) is 6.60. The number of carbonyl (C=O) groups excluding carboxylic acids is 1. The first kappa shape index (κ1) is 12.9. The van der Waals surface area contributed by atoms with Crippen LogP contribution in [0.1, 0.15) is 10.4 Å². The van der Waals surface area contributed by atoms with E-state index >= 15 is 0 Å². The monoisotopic (exact) mass is 325 g/mol. The van der Waals surface area contributed by atoms with Crippen molar-refractivity contribution in [3.05, 3.63) is 51.6 Å². The Hall–Kier alpha value is -1.59. The van der Waals surface area contributed by atoms with Crippen molar-refractivity contribution in [3.63, 3.8) is 0 Å². The second-order valence-corrected chi connectivity index (χ2v) is 4.78. The van der Waals surface area contributed by atoms with Crippen LogP contribution < -0.4 is 11.1 Å². The molecule has 2 aromatic rings. The molecule has 0 saturated heterocycles. The lowest BCUT2D eigenvalue weighted by molar-refractivity contribution is 0.102. The average molecular weight is 327 g/mol. The number of amides is 1. The van der Waals surface area contributed by atoms with Gasteiger partial charge < -0.3 is 11.1 Å². The van der Waals surface area contributed by atoms with E-state index in [1.54, 1.807) is 36.4 Å². The second kappa shape index (κ2) is 5.37. The molecular weight excluding hydrogens is 318 g/mol. The normalized spacial score (nSPS) is 10.1. The lowest BCUT2D eigenvalue weighted by atomic mass is 10.2. The zero-order valence-corrected chi connectivity index (χ0v) is 11.5. The van der Waals surface area contributed by atoms with Gasteiger partial charge in [-0.25, -0.2) is 4.98 Å². The van der Waals surface area contributed by atoms with Gasteiger partial charge in [-0.2, -0.15) is 0 Å². The number of nitrogens with two attached hydrogens (primary N) is 1. The van der Waals surface area contributed by atoms with Gasteiger partial charge in [-0.05, 0) is 46.3 Å². The van der Waals surface area contributed by atoms with Crippen LogP contribution in [0.3, 0.4) is 0 Å². The first-order valence-corrected chi connectivity index (χ1v) is 6.22. The first-order chi connectivity index (χ1) is 8.56. The molecule has 0 spiro atoms. The van der Waals surface area contributed by atoms with E-state index in [4.69, 9.17) is 17.3 Å². The van der Waals surface area contributed by atoms with Gasteiger partial charge in [0.2, 0.25) is 0 Å². The van der Waals surface area contributed by atoms with Crippen molar-refractivity contribution < 1.29 is 4.79 Å². The zero-order chi connectivity index (χ0) is 13.1. The molecule has 3 N–H and O–H groups in total. The van der Waals surface area contributed by atoms with E-state index in [1.807, 2.05) is 0 Å². The molecule has 0 unspecified atom stereocenters. The van der Waals surface area contributed by atoms with E-state index < -0.39 is 0 Å². The second-order valence-electron chi connectivity index (χ2n) is 3.54. The van der Waals surface area contributed by atoms with Crippen molar-refractivity contribution in [2.45, 2.75) is 0 Å². The Balaban J connectivity index is 2.24. The first-order valence-electron chi connectivity index (χ1n) is 5.05. The Bertz CT molecular complexity index is 604. The van der Waals surface area contributed by atoms with Gasteiger partial charge in [0.15, 0.2) is 0 Å². The molecule has 4 nitrogen and oxygen atoms in total. The van der Waals surface area contributed by atoms with Crippen LogP contribution in [-0.4, -0.2) is 10.9 Å². The number of hydrogen-bond acceptors (Lipinski definition) is 3. The van der Waals surface area contributed by atoms with Crippen LogP contribution in [0.15, 0.2) is 40.9 Å². The van der Waals surface area contributed by atoms with Crippen LogP contribution in [-0.2, 0) is 0 Å². The number of anilines is 2. The third-order valence-electron chi connectivity index (χ3n) is 2.19. The third-order valence-corrected chi connectivity index (χ3v) is 3.09. The minimum atomic E-state index is -0.302. The summed E-state index contributed by atoms with van der Waals surface area (Å²) in [6.45, 7) is 0. The molecule has 0 fully saturated rings. The largest absolute Gasteiger partial charge is 0.399 e. The number of carbonyl (C=O) groups is 1. The summed E-state index contributed by atoms with van der Waals surface area (Å²) in [5, 5.41) is 2.97. The van der Waals surface area contributed by atoms with Gasteiger partial charge >= 0.3 is 0 Å². The molecule has 0 aliphatic heterocycles. The highest BCUT2D eigenvalue weighted by Crippen LogP contribution is 2.20. The van der Waals surface area contributed by atoms with Gasteiger partial charge in [0.25, 0.3) is 5.91 Å². The number of rotatable bonds is 2. The van der Waals surface area contributed by atoms with Crippen LogP contribution in [0.2, 0.25) is 5.15 Å². The zero-order valence-electron chi connectivity index (χ0n) is 9.15. The van der Waals surface area contributed by atoms with E-state index in [0.717, 1.165) is 0 Å². The Labute approximate surface area is 117 Å². The highest BCUT2D eigenvalue weighted by atomic mass is 79.9. The fourth-order valence-electron chi connectivity index (χ4n) is 1.38. The van der Waals surface area contributed by atoms with Crippen molar-refractivity contribution in [1.82, 2.24) is 4.98 Å². The number of pyridine rings is 1. The summed E-state index contributed by atoms with van der Waals surface area (Å²) >= 11 is 9.04. The minimum Gasteiger partial charge on any atom is -0.399 e. The van der Waals surface area contributed by atoms with Crippen molar-refractivity contribution >= 4 is 44.9 Å². The number of nitrogens with zero attached hydrogens (tertiary/aromatic N) is 1. The Morgan fingerprint density at radius 1 is 1.33 bits per heavy atom. The van der Waals surface area contributed by atoms with E-state index in [-0.39, 0.29) is 5.91 Å². The lowest BCUT2D eigenvalue weighted by Crippen LogP contribution is -2.13. The topological polar surface area (TPSA) is 68.0 Å². The summed E-state index contributed by atoms with van der Waals surface area (Å²) < 4.78 is 0.663. The quantitative estimate of drug-likeness (QED) is 0.657. The van der Waals surface area contributed by atoms with Crippen molar-refractivity contribution in [1.29, 1.82) is 0 Å². The summed E-state index contributed by atoms with van der Waals surface area (Å²) in [7, 11) is 0. The van der Waals surface area contributed by atoms with E-state index in [1.165, 1.54) is 0 Å². The molecule has 6 heteroatoms. The number of nitrogen functional groups attached to an aromatic ring is 1. The average Bonchev–Trinajstić information content (AvgIpc) is 2.32. The van der Waals surface area contributed by atoms with Gasteiger partial charge in [-0.3, -0.25) is 4.79 Å². The molecule has 1 amide bonds. The molecule has 1 heterocycles. The molecule has 1 aromatic heterocycles. The molecule has 18 heavy (non-hydrogen) atoms. The van der Waals surface area contributed by atoms with Crippen LogP contribution in [0.5, 0.6) is 0 Å². The molecule has 0 radical (unpaired) electrons. The maximum atomic E-state index is 12.0. The number of benzene rings is 1. The Kier molecular flexibility index (Phi) is 3.84. The number of nitrogens with one attached hydrogen (secondary N) is 1. The predicted octanol–water partition coefficient (Wildman–Crippen LogP) is 3.33. The number of aromatic nitrogens is 1. The molecule has 0 aliphatic rings. The molecular formula is C12H9BrClN3O. The molecule has 0 saturated carbocycles. The van der Waals surface area contributed by atoms with Crippen LogP contribution >= 0.6 is 27.5 Å². The highest BCUT2D eigenvalue weighted by molar-refractivity contribution is 9.10. The standard InChI is InChI=1S/C12H9BrClN3O/c13-9-5-4-7(15)6-8(9)12(18)17-11-3-1-2-10(14)16-11/h1-6H,15H2,(H,16,17,18). The summed E-state index contributed by atoms with van der Waals surface area (Å²) in [6, 6.07) is 10.0. The summed E-state index contributed by atoms with van der Waals surface area (Å²) in [6.07, 6.45) is 0. The van der Waals surface area contributed by atoms with Crippen LogP contribution in [0.25, 0.3) is 0 Å². The fraction of sp³-hybridized carbons (Fsp3) is 0. The number of hydrogen-bond donors (Lipinski definition) is 2. The smallest absolute Gasteiger partial charge is 0.258 e. The third kappa shape index (κ3) is 3.00. The van der Waals surface area contributed by atoms with Gasteiger partial charge in [0, 0.05) is 10.2 Å². The van der Waals surface area contributed by atoms with Gasteiger partial charge in [0.05, 0.1) is 5.56 Å². The van der Waals surface area contributed by atoms with Crippen LogP contribution in [0, 0.1) is 0 Å². The molecule has 0 bridgehead atoms. The predicted molar refractivity (Wildman–Crippen MR) is 75.8 cm³/mol. The SMILES string of the molecule is Nc1ccc(Br)c(C(=O)Nc2cccc(Cl)n2)c1. The molecule has 0 atom stereocenters. The van der Waals surface area contributed by atoms with Crippen molar-refractivity contribution in [2.75, 3.05) is 11.1 Å². The maximum absolute atomic E-state index is 12.0. The molecule has 92 valence electrons. The van der Waals surface area contributed by atoms with E-state index in [0.29, 0.717) is 26.7 Å². The van der Waals surface area contributed by atoms with Gasteiger partial charge in [-0.1, -0.05) is 17.7 Å². The summed E-state index contributed by atoms with van der Waals surface area (Å²) in [5.74, 6) is 0.0887. The maximum Gasteiger partial charge on any atom is 0.258 e. The van der Waals surface area contributed by atoms with Gasteiger partial charge in [-0.15, -0.1) is 0 Å². The number of halogens is 2. The van der Waals surface area contributed by atoms with E-state index in [9.17, 15) is 4.79 Å². The Morgan fingerprint density at radius 2 is 2.11 bits per heavy atom. The summed E-state index contributed by atoms with van der Waals surface area (Å²) in [4.78, 5) is 16.0.